The third kappa shape index (κ3) is 2.07. The highest BCUT2D eigenvalue weighted by molar-refractivity contribution is 7.10. The van der Waals surface area contributed by atoms with E-state index in [2.05, 4.69) is 12.2 Å². The highest BCUT2D eigenvalue weighted by atomic mass is 32.1. The van der Waals surface area contributed by atoms with Crippen LogP contribution in [-0.4, -0.2) is 12.5 Å². The maximum Gasteiger partial charge on any atom is 0.252 e. The number of thiophene rings is 1. The summed E-state index contributed by atoms with van der Waals surface area (Å²) in [5, 5.41) is 4.90. The van der Waals surface area contributed by atoms with Gasteiger partial charge in [0.1, 0.15) is 0 Å². The van der Waals surface area contributed by atoms with Crippen LogP contribution in [0.2, 0.25) is 0 Å². The van der Waals surface area contributed by atoms with E-state index >= 15 is 0 Å². The Hall–Kier alpha value is -0.830. The first-order valence-corrected chi connectivity index (χ1v) is 6.47. The van der Waals surface area contributed by atoms with Crippen molar-refractivity contribution in [2.45, 2.75) is 33.1 Å². The lowest BCUT2D eigenvalue weighted by atomic mass is 9.88. The van der Waals surface area contributed by atoms with Crippen LogP contribution >= 0.6 is 11.3 Å². The third-order valence-corrected chi connectivity index (χ3v) is 4.03. The van der Waals surface area contributed by atoms with Crippen molar-refractivity contribution in [1.82, 2.24) is 5.32 Å². The lowest BCUT2D eigenvalue weighted by Gasteiger charge is -2.18. The zero-order chi connectivity index (χ0) is 10.8. The molecule has 1 aromatic rings. The zero-order valence-corrected chi connectivity index (χ0v) is 10.1. The summed E-state index contributed by atoms with van der Waals surface area (Å²) in [6.07, 6.45) is 3.45. The second kappa shape index (κ2) is 4.35. The molecule has 0 fully saturated rings. The van der Waals surface area contributed by atoms with Gasteiger partial charge in [-0.05, 0) is 37.7 Å². The maximum atomic E-state index is 11.8. The van der Waals surface area contributed by atoms with E-state index in [-0.39, 0.29) is 5.91 Å². The Kier molecular flexibility index (Phi) is 3.10. The monoisotopic (exact) mass is 223 g/mol. The van der Waals surface area contributed by atoms with Crippen molar-refractivity contribution < 1.29 is 4.79 Å². The summed E-state index contributed by atoms with van der Waals surface area (Å²) in [6, 6.07) is 0. The predicted molar refractivity (Wildman–Crippen MR) is 63.5 cm³/mol. The Balaban J connectivity index is 2.24. The van der Waals surface area contributed by atoms with E-state index < -0.39 is 0 Å². The van der Waals surface area contributed by atoms with Gasteiger partial charge in [0.25, 0.3) is 5.91 Å². The fourth-order valence-electron chi connectivity index (χ4n) is 2.12. The number of rotatable bonds is 2. The molecular weight excluding hydrogens is 206 g/mol. The van der Waals surface area contributed by atoms with Crippen LogP contribution in [0.4, 0.5) is 0 Å². The molecule has 0 radical (unpaired) electrons. The van der Waals surface area contributed by atoms with Crippen LogP contribution in [0, 0.1) is 5.92 Å². The lowest BCUT2D eigenvalue weighted by Crippen LogP contribution is -2.24. The van der Waals surface area contributed by atoms with Gasteiger partial charge in [0, 0.05) is 16.8 Å². The van der Waals surface area contributed by atoms with Gasteiger partial charge in [-0.1, -0.05) is 6.92 Å². The summed E-state index contributed by atoms with van der Waals surface area (Å²) in [7, 11) is 0. The Bertz CT molecular complexity index is 370. The molecule has 1 atom stereocenters. The Morgan fingerprint density at radius 1 is 1.67 bits per heavy atom. The minimum atomic E-state index is 0.101. The molecule has 2 rings (SSSR count). The molecule has 1 N–H and O–H groups in total. The van der Waals surface area contributed by atoms with Gasteiger partial charge in [0.05, 0.1) is 5.56 Å². The fraction of sp³-hybridized carbons (Fsp3) is 0.583. The molecule has 1 aliphatic carbocycles. The van der Waals surface area contributed by atoms with E-state index in [1.54, 1.807) is 11.3 Å². The van der Waals surface area contributed by atoms with Crippen LogP contribution in [0.15, 0.2) is 5.38 Å². The van der Waals surface area contributed by atoms with E-state index in [9.17, 15) is 4.79 Å². The molecule has 1 aliphatic rings. The van der Waals surface area contributed by atoms with Crippen molar-refractivity contribution in [2.75, 3.05) is 6.54 Å². The van der Waals surface area contributed by atoms with E-state index in [1.807, 2.05) is 12.3 Å². The predicted octanol–water partition coefficient (Wildman–Crippen LogP) is 2.62. The minimum absolute atomic E-state index is 0.101. The first-order valence-electron chi connectivity index (χ1n) is 5.59. The van der Waals surface area contributed by atoms with Crippen molar-refractivity contribution >= 4 is 17.2 Å². The fourth-order valence-corrected chi connectivity index (χ4v) is 3.37. The van der Waals surface area contributed by atoms with Crippen LogP contribution < -0.4 is 5.32 Å². The number of hydrogen-bond donors (Lipinski definition) is 1. The largest absolute Gasteiger partial charge is 0.352 e. The molecule has 1 amide bonds. The van der Waals surface area contributed by atoms with Crippen LogP contribution in [-0.2, 0) is 12.8 Å². The summed E-state index contributed by atoms with van der Waals surface area (Å²) in [5.41, 5.74) is 2.23. The first kappa shape index (κ1) is 10.7. The van der Waals surface area contributed by atoms with Crippen molar-refractivity contribution in [1.29, 1.82) is 0 Å². The van der Waals surface area contributed by atoms with E-state index in [0.29, 0.717) is 6.54 Å². The van der Waals surface area contributed by atoms with E-state index in [1.165, 1.54) is 16.9 Å². The molecule has 0 aromatic carbocycles. The normalized spacial score (nSPS) is 19.7. The van der Waals surface area contributed by atoms with Gasteiger partial charge in [0.2, 0.25) is 0 Å². The number of hydrogen-bond acceptors (Lipinski definition) is 2. The van der Waals surface area contributed by atoms with Gasteiger partial charge in [-0.2, -0.15) is 0 Å². The molecule has 1 aromatic heterocycles. The molecule has 15 heavy (non-hydrogen) atoms. The Morgan fingerprint density at radius 2 is 2.47 bits per heavy atom. The van der Waals surface area contributed by atoms with Crippen LogP contribution in [0.3, 0.4) is 0 Å². The SMILES string of the molecule is CCNC(=O)c1csc2c1CC[C@@H](C)C2. The summed E-state index contributed by atoms with van der Waals surface area (Å²) in [4.78, 5) is 13.2. The topological polar surface area (TPSA) is 29.1 Å². The zero-order valence-electron chi connectivity index (χ0n) is 9.30. The van der Waals surface area contributed by atoms with Crippen molar-refractivity contribution in [2.24, 2.45) is 5.92 Å². The average Bonchev–Trinajstić information content (AvgIpc) is 2.60. The van der Waals surface area contributed by atoms with Gasteiger partial charge in [-0.15, -0.1) is 11.3 Å². The molecule has 1 heterocycles. The molecule has 0 unspecified atom stereocenters. The first-order chi connectivity index (χ1) is 7.22. The van der Waals surface area contributed by atoms with E-state index in [0.717, 1.165) is 24.3 Å². The van der Waals surface area contributed by atoms with Gasteiger partial charge in [-0.3, -0.25) is 4.79 Å². The van der Waals surface area contributed by atoms with Crippen molar-refractivity contribution in [3.8, 4) is 0 Å². The summed E-state index contributed by atoms with van der Waals surface area (Å²) >= 11 is 1.75. The van der Waals surface area contributed by atoms with Gasteiger partial charge in [0.15, 0.2) is 0 Å². The molecule has 0 aliphatic heterocycles. The van der Waals surface area contributed by atoms with Crippen LogP contribution in [0.5, 0.6) is 0 Å². The summed E-state index contributed by atoms with van der Waals surface area (Å²) in [6.45, 7) is 4.95. The van der Waals surface area contributed by atoms with Gasteiger partial charge in [-0.25, -0.2) is 0 Å². The molecule has 0 bridgehead atoms. The maximum absolute atomic E-state index is 11.8. The molecule has 2 nitrogen and oxygen atoms in total. The third-order valence-electron chi connectivity index (χ3n) is 2.98. The number of amides is 1. The lowest BCUT2D eigenvalue weighted by molar-refractivity contribution is 0.0955. The second-order valence-electron chi connectivity index (χ2n) is 4.26. The quantitative estimate of drug-likeness (QED) is 0.820. The Labute approximate surface area is 94.7 Å². The summed E-state index contributed by atoms with van der Waals surface area (Å²) in [5.74, 6) is 0.878. The molecule has 0 spiro atoms. The molecule has 0 saturated carbocycles. The second-order valence-corrected chi connectivity index (χ2v) is 5.22. The van der Waals surface area contributed by atoms with Crippen molar-refractivity contribution in [3.05, 3.63) is 21.4 Å². The van der Waals surface area contributed by atoms with Gasteiger partial charge < -0.3 is 5.32 Å². The Morgan fingerprint density at radius 3 is 3.20 bits per heavy atom. The number of nitrogens with one attached hydrogen (secondary N) is 1. The van der Waals surface area contributed by atoms with Crippen LogP contribution in [0.25, 0.3) is 0 Å². The average molecular weight is 223 g/mol. The van der Waals surface area contributed by atoms with Gasteiger partial charge >= 0.3 is 0 Å². The standard InChI is InChI=1S/C12H17NOS/c1-3-13-12(14)10-7-15-11-6-8(2)4-5-9(10)11/h7-8H,3-6H2,1-2H3,(H,13,14)/t8-/m1/s1. The smallest absolute Gasteiger partial charge is 0.252 e. The van der Waals surface area contributed by atoms with E-state index in [4.69, 9.17) is 0 Å². The highest BCUT2D eigenvalue weighted by Gasteiger charge is 2.22. The highest BCUT2D eigenvalue weighted by Crippen LogP contribution is 2.32. The molecular formula is C12H17NOS. The summed E-state index contributed by atoms with van der Waals surface area (Å²) < 4.78 is 0. The minimum Gasteiger partial charge on any atom is -0.352 e. The molecule has 0 saturated heterocycles. The van der Waals surface area contributed by atoms with Crippen molar-refractivity contribution in [3.63, 3.8) is 0 Å². The molecule has 3 heteroatoms. The van der Waals surface area contributed by atoms with Crippen LogP contribution in [0.1, 0.15) is 41.1 Å². The number of carbonyl (C=O) groups excluding carboxylic acids is 1. The number of fused-ring (bicyclic) bond motifs is 1. The number of carbonyl (C=O) groups is 1. The molecule has 82 valence electrons.